The fourth-order valence-electron chi connectivity index (χ4n) is 2.50. The minimum absolute atomic E-state index is 0.205. The SMILES string of the molecule is COC(=O)C1=CC=CC(n2nc(C(C)(C)C)cc2NC(=O)OC(C)(C)C)C=C1. The van der Waals surface area contributed by atoms with E-state index in [1.165, 1.54) is 7.11 Å². The van der Waals surface area contributed by atoms with Crippen LogP contribution in [0.2, 0.25) is 0 Å². The number of carbonyl (C=O) groups excluding carboxylic acids is 2. The van der Waals surface area contributed by atoms with Crippen molar-refractivity contribution in [3.63, 3.8) is 0 Å². The number of amides is 1. The first kappa shape index (κ1) is 21.5. The number of aromatic nitrogens is 2. The lowest BCUT2D eigenvalue weighted by molar-refractivity contribution is -0.135. The fraction of sp³-hybridized carbons (Fsp3) is 0.476. The predicted molar refractivity (Wildman–Crippen MR) is 108 cm³/mol. The summed E-state index contributed by atoms with van der Waals surface area (Å²) in [6.07, 6.45) is 8.29. The van der Waals surface area contributed by atoms with Crippen molar-refractivity contribution in [2.24, 2.45) is 0 Å². The molecule has 1 aliphatic carbocycles. The highest BCUT2D eigenvalue weighted by molar-refractivity contribution is 5.92. The summed E-state index contributed by atoms with van der Waals surface area (Å²) in [7, 11) is 1.34. The number of anilines is 1. The zero-order valence-electron chi connectivity index (χ0n) is 17.6. The zero-order valence-corrected chi connectivity index (χ0v) is 17.6. The van der Waals surface area contributed by atoms with Crippen LogP contribution in [0, 0.1) is 0 Å². The maximum atomic E-state index is 12.3. The number of rotatable bonds is 3. The summed E-state index contributed by atoms with van der Waals surface area (Å²) in [5.74, 6) is 0.101. The molecule has 1 aromatic rings. The normalized spacial score (nSPS) is 17.0. The van der Waals surface area contributed by atoms with Crippen molar-refractivity contribution in [3.05, 3.63) is 47.7 Å². The van der Waals surface area contributed by atoms with E-state index in [4.69, 9.17) is 14.6 Å². The van der Waals surface area contributed by atoms with Crippen molar-refractivity contribution in [1.29, 1.82) is 0 Å². The second kappa shape index (κ2) is 8.04. The lowest BCUT2D eigenvalue weighted by Gasteiger charge is -2.20. The molecule has 0 saturated heterocycles. The van der Waals surface area contributed by atoms with E-state index >= 15 is 0 Å². The van der Waals surface area contributed by atoms with E-state index in [0.717, 1.165) is 5.69 Å². The summed E-state index contributed by atoms with van der Waals surface area (Å²) in [6, 6.07) is 1.55. The van der Waals surface area contributed by atoms with Crippen molar-refractivity contribution in [2.45, 2.75) is 58.6 Å². The third kappa shape index (κ3) is 5.58. The van der Waals surface area contributed by atoms with Gasteiger partial charge in [-0.3, -0.25) is 5.32 Å². The largest absolute Gasteiger partial charge is 0.465 e. The van der Waals surface area contributed by atoms with E-state index < -0.39 is 17.7 Å². The van der Waals surface area contributed by atoms with Gasteiger partial charge in [-0.1, -0.05) is 39.0 Å². The molecule has 0 bridgehead atoms. The smallest absolute Gasteiger partial charge is 0.413 e. The van der Waals surface area contributed by atoms with Crippen molar-refractivity contribution in [1.82, 2.24) is 9.78 Å². The number of nitrogens with zero attached hydrogens (tertiary/aromatic N) is 2. The van der Waals surface area contributed by atoms with E-state index in [1.54, 1.807) is 43.7 Å². The molecule has 0 fully saturated rings. The van der Waals surface area contributed by atoms with Crippen LogP contribution >= 0.6 is 0 Å². The van der Waals surface area contributed by atoms with Gasteiger partial charge >= 0.3 is 12.1 Å². The average molecular weight is 387 g/mol. The Labute approximate surface area is 166 Å². The Kier molecular flexibility index (Phi) is 6.17. The Morgan fingerprint density at radius 1 is 1.14 bits per heavy atom. The van der Waals surface area contributed by atoms with Crippen LogP contribution in [-0.2, 0) is 19.7 Å². The first-order valence-corrected chi connectivity index (χ1v) is 9.16. The third-order valence-electron chi connectivity index (χ3n) is 3.89. The fourth-order valence-corrected chi connectivity index (χ4v) is 2.50. The molecule has 0 aromatic carbocycles. The van der Waals surface area contributed by atoms with E-state index in [1.807, 2.05) is 39.0 Å². The number of methoxy groups -OCH3 is 1. The Balaban J connectivity index is 2.36. The molecule has 1 atom stereocenters. The number of allylic oxidation sites excluding steroid dienone is 4. The van der Waals surface area contributed by atoms with Gasteiger partial charge in [-0.15, -0.1) is 0 Å². The van der Waals surface area contributed by atoms with Gasteiger partial charge in [0.2, 0.25) is 0 Å². The van der Waals surface area contributed by atoms with Gasteiger partial charge in [0.05, 0.1) is 24.4 Å². The topological polar surface area (TPSA) is 82.5 Å². The van der Waals surface area contributed by atoms with Crippen LogP contribution in [0.1, 0.15) is 53.3 Å². The van der Waals surface area contributed by atoms with Crippen molar-refractivity contribution >= 4 is 17.9 Å². The molecule has 1 heterocycles. The van der Waals surface area contributed by atoms with Gasteiger partial charge in [-0.25, -0.2) is 14.3 Å². The monoisotopic (exact) mass is 387 g/mol. The van der Waals surface area contributed by atoms with Gasteiger partial charge in [-0.2, -0.15) is 5.10 Å². The van der Waals surface area contributed by atoms with Gasteiger partial charge < -0.3 is 9.47 Å². The second-order valence-corrected chi connectivity index (χ2v) is 8.58. The van der Waals surface area contributed by atoms with Crippen LogP contribution in [0.3, 0.4) is 0 Å². The number of ether oxygens (including phenoxy) is 2. The van der Waals surface area contributed by atoms with Gasteiger partial charge in [-0.05, 0) is 32.9 Å². The van der Waals surface area contributed by atoms with E-state index in [9.17, 15) is 9.59 Å². The molecule has 0 aliphatic heterocycles. The highest BCUT2D eigenvalue weighted by Gasteiger charge is 2.25. The standard InChI is InChI=1S/C21H29N3O4/c1-20(2,3)16-13-17(22-19(26)28-21(4,5)6)24(23-16)15-10-8-9-14(11-12-15)18(25)27-7/h8-13,15H,1-7H3,(H,22,26). The maximum absolute atomic E-state index is 12.3. The molecule has 152 valence electrons. The molecule has 7 nitrogen and oxygen atoms in total. The summed E-state index contributed by atoms with van der Waals surface area (Å²) in [6.45, 7) is 11.6. The molecule has 28 heavy (non-hydrogen) atoms. The van der Waals surface area contributed by atoms with Crippen LogP contribution in [-0.4, -0.2) is 34.6 Å². The lowest BCUT2D eigenvalue weighted by Crippen LogP contribution is -2.28. The molecule has 0 saturated carbocycles. The first-order valence-electron chi connectivity index (χ1n) is 9.16. The number of esters is 1. The number of carbonyl (C=O) groups is 2. The van der Waals surface area contributed by atoms with Crippen LogP contribution in [0.15, 0.2) is 42.0 Å². The minimum Gasteiger partial charge on any atom is -0.465 e. The second-order valence-electron chi connectivity index (χ2n) is 8.58. The minimum atomic E-state index is -0.608. The Morgan fingerprint density at radius 2 is 1.82 bits per heavy atom. The van der Waals surface area contributed by atoms with Crippen LogP contribution in [0.4, 0.5) is 10.6 Å². The van der Waals surface area contributed by atoms with E-state index in [2.05, 4.69) is 5.32 Å². The molecule has 1 N–H and O–H groups in total. The molecular formula is C21H29N3O4. The van der Waals surface area contributed by atoms with Gasteiger partial charge in [0, 0.05) is 11.5 Å². The molecule has 1 aromatic heterocycles. The summed E-state index contributed by atoms with van der Waals surface area (Å²) >= 11 is 0. The van der Waals surface area contributed by atoms with Crippen LogP contribution in [0.25, 0.3) is 0 Å². The number of hydrogen-bond acceptors (Lipinski definition) is 5. The molecule has 1 aliphatic rings. The third-order valence-corrected chi connectivity index (χ3v) is 3.89. The van der Waals surface area contributed by atoms with Gasteiger partial charge in [0.1, 0.15) is 11.4 Å². The molecule has 2 rings (SSSR count). The van der Waals surface area contributed by atoms with Crippen LogP contribution in [0.5, 0.6) is 0 Å². The molecular weight excluding hydrogens is 358 g/mol. The van der Waals surface area contributed by atoms with E-state index in [-0.39, 0.29) is 11.5 Å². The summed E-state index contributed by atoms with van der Waals surface area (Å²) in [4.78, 5) is 24.1. The predicted octanol–water partition coefficient (Wildman–Crippen LogP) is 4.29. The van der Waals surface area contributed by atoms with Crippen molar-refractivity contribution in [2.75, 3.05) is 12.4 Å². The zero-order chi connectivity index (χ0) is 21.1. The number of nitrogens with one attached hydrogen (secondary N) is 1. The van der Waals surface area contributed by atoms with E-state index in [0.29, 0.717) is 11.4 Å². The van der Waals surface area contributed by atoms with Gasteiger partial charge in [0.15, 0.2) is 0 Å². The Hall–Kier alpha value is -2.83. The quantitative estimate of drug-likeness (QED) is 0.782. The lowest BCUT2D eigenvalue weighted by atomic mass is 9.92. The van der Waals surface area contributed by atoms with Crippen LogP contribution < -0.4 is 5.32 Å². The maximum Gasteiger partial charge on any atom is 0.413 e. The van der Waals surface area contributed by atoms with Gasteiger partial charge in [0.25, 0.3) is 0 Å². The average Bonchev–Trinajstić information content (AvgIpc) is 2.82. The number of hydrogen-bond donors (Lipinski definition) is 1. The first-order chi connectivity index (χ1) is 12.9. The molecule has 1 unspecified atom stereocenters. The molecule has 7 heteroatoms. The Bertz CT molecular complexity index is 833. The van der Waals surface area contributed by atoms with Crippen molar-refractivity contribution < 1.29 is 19.1 Å². The molecule has 1 amide bonds. The highest BCUT2D eigenvalue weighted by atomic mass is 16.6. The molecule has 0 radical (unpaired) electrons. The highest BCUT2D eigenvalue weighted by Crippen LogP contribution is 2.28. The summed E-state index contributed by atoms with van der Waals surface area (Å²) < 4.78 is 11.8. The van der Waals surface area contributed by atoms with Crippen molar-refractivity contribution in [3.8, 4) is 0 Å². The molecule has 0 spiro atoms. The summed E-state index contributed by atoms with van der Waals surface area (Å²) in [5.41, 5.74) is 0.448. The Morgan fingerprint density at radius 3 is 2.39 bits per heavy atom. The summed E-state index contributed by atoms with van der Waals surface area (Å²) in [5, 5.41) is 7.48.